The van der Waals surface area contributed by atoms with Crippen LogP contribution in [-0.4, -0.2) is 32.1 Å². The van der Waals surface area contributed by atoms with Crippen LogP contribution >= 0.6 is 0 Å². The van der Waals surface area contributed by atoms with Gasteiger partial charge in [-0.3, -0.25) is 4.79 Å². The number of amides is 1. The van der Waals surface area contributed by atoms with E-state index in [0.717, 1.165) is 24.3 Å². The molecule has 2 aromatic rings. The maximum absolute atomic E-state index is 11.9. The summed E-state index contributed by atoms with van der Waals surface area (Å²) in [5.41, 5.74) is 3.24. The zero-order chi connectivity index (χ0) is 21.7. The number of hydrogen-bond acceptors (Lipinski definition) is 6. The van der Waals surface area contributed by atoms with Gasteiger partial charge in [-0.2, -0.15) is 5.10 Å². The highest BCUT2D eigenvalue weighted by Crippen LogP contribution is 2.31. The van der Waals surface area contributed by atoms with Gasteiger partial charge in [0, 0.05) is 0 Å². The molecule has 0 radical (unpaired) electrons. The summed E-state index contributed by atoms with van der Waals surface area (Å²) in [6.45, 7) is 3.03. The average Bonchev–Trinajstić information content (AvgIpc) is 3.26. The molecule has 166 valence electrons. The number of carbonyl (C=O) groups excluding carboxylic acids is 1. The Labute approximate surface area is 183 Å². The quantitative estimate of drug-likeness (QED) is 0.286. The van der Waals surface area contributed by atoms with Crippen LogP contribution in [0, 0.1) is 0 Å². The van der Waals surface area contributed by atoms with Crippen LogP contribution in [0.1, 0.15) is 51.0 Å². The number of nitrogens with zero attached hydrogens (tertiary/aromatic N) is 1. The van der Waals surface area contributed by atoms with E-state index >= 15 is 0 Å². The van der Waals surface area contributed by atoms with Gasteiger partial charge in [0.1, 0.15) is 11.5 Å². The Morgan fingerprint density at radius 1 is 0.968 bits per heavy atom. The number of ether oxygens (including phenoxy) is 4. The third-order valence-electron chi connectivity index (χ3n) is 4.76. The molecule has 0 saturated heterocycles. The fraction of sp³-hybridized carbons (Fsp3) is 0.417. The molecule has 1 amide bonds. The Morgan fingerprint density at radius 3 is 2.48 bits per heavy atom. The lowest BCUT2D eigenvalue weighted by Crippen LogP contribution is -2.24. The minimum absolute atomic E-state index is 0.129. The first-order valence-electron chi connectivity index (χ1n) is 10.8. The molecule has 7 nitrogen and oxygen atoms in total. The molecule has 0 atom stereocenters. The standard InChI is InChI=1S/C24H30N2O5/c1-2-3-4-5-6-7-14-28-20-9-11-21(12-10-20)29-17-24(27)26-25-16-19-8-13-22-23(15-19)31-18-30-22/h8-13,15-16H,2-7,14,17-18H2,1H3,(H,26,27). The molecule has 1 N–H and O–H groups in total. The number of rotatable bonds is 13. The fourth-order valence-corrected chi connectivity index (χ4v) is 3.06. The largest absolute Gasteiger partial charge is 0.494 e. The second-order valence-corrected chi connectivity index (χ2v) is 7.28. The van der Waals surface area contributed by atoms with Crippen molar-refractivity contribution in [1.82, 2.24) is 5.43 Å². The van der Waals surface area contributed by atoms with E-state index in [1.165, 1.54) is 38.3 Å². The smallest absolute Gasteiger partial charge is 0.277 e. The Bertz CT molecular complexity index is 852. The predicted octanol–water partition coefficient (Wildman–Crippen LogP) is 4.68. The van der Waals surface area contributed by atoms with E-state index in [4.69, 9.17) is 18.9 Å². The van der Waals surface area contributed by atoms with Crippen molar-refractivity contribution in [3.63, 3.8) is 0 Å². The minimum Gasteiger partial charge on any atom is -0.494 e. The SMILES string of the molecule is CCCCCCCCOc1ccc(OCC(=O)NN=Cc2ccc3c(c2)OCO3)cc1. The van der Waals surface area contributed by atoms with Crippen LogP contribution in [0.3, 0.4) is 0 Å². The summed E-state index contributed by atoms with van der Waals surface area (Å²) in [5.74, 6) is 2.42. The van der Waals surface area contributed by atoms with E-state index < -0.39 is 0 Å². The Kier molecular flexibility index (Phi) is 9.04. The topological polar surface area (TPSA) is 78.4 Å². The van der Waals surface area contributed by atoms with Crippen LogP contribution in [0.2, 0.25) is 0 Å². The first-order valence-corrected chi connectivity index (χ1v) is 10.8. The molecule has 0 aromatic heterocycles. The monoisotopic (exact) mass is 426 g/mol. The Balaban J connectivity index is 1.31. The van der Waals surface area contributed by atoms with Crippen LogP contribution in [0.4, 0.5) is 0 Å². The van der Waals surface area contributed by atoms with Gasteiger partial charge in [0.05, 0.1) is 12.8 Å². The van der Waals surface area contributed by atoms with E-state index in [1.807, 2.05) is 18.2 Å². The molecule has 0 saturated carbocycles. The van der Waals surface area contributed by atoms with Crippen molar-refractivity contribution < 1.29 is 23.7 Å². The van der Waals surface area contributed by atoms with Crippen molar-refractivity contribution in [1.29, 1.82) is 0 Å². The van der Waals surface area contributed by atoms with Gasteiger partial charge in [-0.05, 0) is 54.4 Å². The van der Waals surface area contributed by atoms with E-state index in [1.54, 1.807) is 24.3 Å². The molecule has 7 heteroatoms. The zero-order valence-electron chi connectivity index (χ0n) is 18.0. The van der Waals surface area contributed by atoms with Gasteiger partial charge in [0.2, 0.25) is 6.79 Å². The van der Waals surface area contributed by atoms with Crippen molar-refractivity contribution in [3.05, 3.63) is 48.0 Å². The summed E-state index contributed by atoms with van der Waals surface area (Å²) >= 11 is 0. The lowest BCUT2D eigenvalue weighted by Gasteiger charge is -2.08. The second-order valence-electron chi connectivity index (χ2n) is 7.28. The first-order chi connectivity index (χ1) is 15.2. The third-order valence-corrected chi connectivity index (χ3v) is 4.76. The maximum atomic E-state index is 11.9. The number of hydrazone groups is 1. The number of hydrogen-bond donors (Lipinski definition) is 1. The van der Waals surface area contributed by atoms with E-state index in [0.29, 0.717) is 17.2 Å². The van der Waals surface area contributed by atoms with Gasteiger partial charge < -0.3 is 18.9 Å². The molecule has 2 aromatic carbocycles. The van der Waals surface area contributed by atoms with Crippen LogP contribution in [0.25, 0.3) is 0 Å². The highest BCUT2D eigenvalue weighted by Gasteiger charge is 2.12. The van der Waals surface area contributed by atoms with Crippen LogP contribution in [0.15, 0.2) is 47.6 Å². The highest BCUT2D eigenvalue weighted by atomic mass is 16.7. The lowest BCUT2D eigenvalue weighted by atomic mass is 10.1. The summed E-state index contributed by atoms with van der Waals surface area (Å²) in [5, 5.41) is 3.94. The molecular formula is C24H30N2O5. The van der Waals surface area contributed by atoms with Crippen molar-refractivity contribution in [2.75, 3.05) is 20.0 Å². The van der Waals surface area contributed by atoms with Gasteiger partial charge in [0.15, 0.2) is 18.1 Å². The second kappa shape index (κ2) is 12.5. The first kappa shape index (κ1) is 22.5. The number of carbonyl (C=O) groups is 1. The molecule has 0 fully saturated rings. The van der Waals surface area contributed by atoms with Gasteiger partial charge in [-0.25, -0.2) is 5.43 Å². The molecule has 3 rings (SSSR count). The van der Waals surface area contributed by atoms with Gasteiger partial charge >= 0.3 is 0 Å². The molecular weight excluding hydrogens is 396 g/mol. The van der Waals surface area contributed by atoms with E-state index in [-0.39, 0.29) is 19.3 Å². The number of nitrogens with one attached hydrogen (secondary N) is 1. The van der Waals surface area contributed by atoms with Crippen LogP contribution in [-0.2, 0) is 4.79 Å². The molecule has 31 heavy (non-hydrogen) atoms. The average molecular weight is 427 g/mol. The number of benzene rings is 2. The van der Waals surface area contributed by atoms with E-state index in [9.17, 15) is 4.79 Å². The summed E-state index contributed by atoms with van der Waals surface area (Å²) in [4.78, 5) is 11.9. The van der Waals surface area contributed by atoms with Crippen molar-refractivity contribution >= 4 is 12.1 Å². The van der Waals surface area contributed by atoms with Gasteiger partial charge in [-0.1, -0.05) is 39.0 Å². The van der Waals surface area contributed by atoms with Crippen molar-refractivity contribution in [2.24, 2.45) is 5.10 Å². The van der Waals surface area contributed by atoms with Crippen molar-refractivity contribution in [3.8, 4) is 23.0 Å². The van der Waals surface area contributed by atoms with Crippen LogP contribution < -0.4 is 24.4 Å². The third kappa shape index (κ3) is 7.85. The molecule has 1 aliphatic rings. The zero-order valence-corrected chi connectivity index (χ0v) is 18.0. The molecule has 0 unspecified atom stereocenters. The fourth-order valence-electron chi connectivity index (χ4n) is 3.06. The molecule has 1 aliphatic heterocycles. The van der Waals surface area contributed by atoms with Gasteiger partial charge in [0.25, 0.3) is 5.91 Å². The van der Waals surface area contributed by atoms with E-state index in [2.05, 4.69) is 17.5 Å². The number of fused-ring (bicyclic) bond motifs is 1. The molecule has 0 spiro atoms. The predicted molar refractivity (Wildman–Crippen MR) is 119 cm³/mol. The minimum atomic E-state index is -0.347. The molecule has 0 aliphatic carbocycles. The Morgan fingerprint density at radius 2 is 1.68 bits per heavy atom. The Hall–Kier alpha value is -3.22. The van der Waals surface area contributed by atoms with Gasteiger partial charge in [-0.15, -0.1) is 0 Å². The lowest BCUT2D eigenvalue weighted by molar-refractivity contribution is -0.123. The summed E-state index contributed by atoms with van der Waals surface area (Å²) < 4.78 is 21.8. The van der Waals surface area contributed by atoms with Crippen molar-refractivity contribution in [2.45, 2.75) is 45.4 Å². The molecule has 0 bridgehead atoms. The summed E-state index contributed by atoms with van der Waals surface area (Å²) in [6, 6.07) is 12.7. The summed E-state index contributed by atoms with van der Waals surface area (Å²) in [7, 11) is 0. The summed E-state index contributed by atoms with van der Waals surface area (Å²) in [6.07, 6.45) is 8.96. The maximum Gasteiger partial charge on any atom is 0.277 e. The highest BCUT2D eigenvalue weighted by molar-refractivity contribution is 5.83. The normalized spacial score (nSPS) is 12.2. The molecule has 1 heterocycles. The number of unbranched alkanes of at least 4 members (excludes halogenated alkanes) is 5. The van der Waals surface area contributed by atoms with Crippen LogP contribution in [0.5, 0.6) is 23.0 Å².